The molecule has 0 fully saturated rings. The van der Waals surface area contributed by atoms with Crippen LogP contribution >= 0.6 is 0 Å². The van der Waals surface area contributed by atoms with Crippen LogP contribution in [0.25, 0.3) is 22.3 Å². The van der Waals surface area contributed by atoms with Gasteiger partial charge >= 0.3 is 0 Å². The van der Waals surface area contributed by atoms with Crippen molar-refractivity contribution < 1.29 is 13.6 Å². The fourth-order valence-corrected chi connectivity index (χ4v) is 3.63. The van der Waals surface area contributed by atoms with E-state index in [1.54, 1.807) is 7.05 Å². The summed E-state index contributed by atoms with van der Waals surface area (Å²) in [6.07, 6.45) is 1.52. The Morgan fingerprint density at radius 2 is 1.97 bits per heavy atom. The van der Waals surface area contributed by atoms with Gasteiger partial charge in [-0.05, 0) is 38.1 Å². The molecule has 1 amide bonds. The molecule has 6 nitrogen and oxygen atoms in total. The van der Waals surface area contributed by atoms with Crippen LogP contribution < -0.4 is 5.32 Å². The van der Waals surface area contributed by atoms with E-state index in [1.165, 1.54) is 16.9 Å². The molecule has 0 spiro atoms. The molecular weight excluding hydrogens is 388 g/mol. The Morgan fingerprint density at radius 3 is 2.70 bits per heavy atom. The van der Waals surface area contributed by atoms with Crippen LogP contribution in [-0.2, 0) is 13.6 Å². The number of nitrogens with zero attached hydrogens (tertiary/aromatic N) is 4. The van der Waals surface area contributed by atoms with Gasteiger partial charge in [0, 0.05) is 31.4 Å². The molecule has 1 atom stereocenters. The van der Waals surface area contributed by atoms with Crippen molar-refractivity contribution in [2.75, 3.05) is 0 Å². The maximum absolute atomic E-state index is 14.3. The lowest BCUT2D eigenvalue weighted by Gasteiger charge is -2.15. The van der Waals surface area contributed by atoms with E-state index in [0.29, 0.717) is 6.54 Å². The second-order valence-electron chi connectivity index (χ2n) is 7.09. The summed E-state index contributed by atoms with van der Waals surface area (Å²) in [5.41, 5.74) is 2.27. The molecule has 0 saturated heterocycles. The summed E-state index contributed by atoms with van der Waals surface area (Å²) in [6, 6.07) is 10.6. The number of aromatic nitrogens is 4. The Morgan fingerprint density at radius 1 is 1.20 bits per heavy atom. The van der Waals surface area contributed by atoms with Gasteiger partial charge in [0.05, 0.1) is 22.6 Å². The topological polar surface area (TPSA) is 64.7 Å². The van der Waals surface area contributed by atoms with Gasteiger partial charge in [0.15, 0.2) is 0 Å². The van der Waals surface area contributed by atoms with Gasteiger partial charge in [-0.25, -0.2) is 13.8 Å². The summed E-state index contributed by atoms with van der Waals surface area (Å²) in [6.45, 7) is 4.57. The lowest BCUT2D eigenvalue weighted by atomic mass is 10.1. The van der Waals surface area contributed by atoms with E-state index in [-0.39, 0.29) is 16.8 Å². The van der Waals surface area contributed by atoms with Gasteiger partial charge < -0.3 is 9.88 Å². The number of aryl methyl sites for hydroxylation is 2. The fourth-order valence-electron chi connectivity index (χ4n) is 3.63. The van der Waals surface area contributed by atoms with Crippen LogP contribution in [0.4, 0.5) is 8.78 Å². The lowest BCUT2D eigenvalue weighted by molar-refractivity contribution is 0.0938. The van der Waals surface area contributed by atoms with Crippen LogP contribution in [0.1, 0.15) is 36.1 Å². The van der Waals surface area contributed by atoms with E-state index in [2.05, 4.69) is 15.4 Å². The van der Waals surface area contributed by atoms with Crippen LogP contribution in [0.15, 0.2) is 48.7 Å². The van der Waals surface area contributed by atoms with Gasteiger partial charge in [-0.1, -0.05) is 12.1 Å². The summed E-state index contributed by atoms with van der Waals surface area (Å²) in [7, 11) is 1.64. The molecular formula is C22H21F2N5O. The van der Waals surface area contributed by atoms with Gasteiger partial charge in [-0.15, -0.1) is 0 Å². The average Bonchev–Trinajstić information content (AvgIpc) is 3.28. The van der Waals surface area contributed by atoms with Crippen LogP contribution in [0.3, 0.4) is 0 Å². The molecule has 0 saturated carbocycles. The summed E-state index contributed by atoms with van der Waals surface area (Å²) in [4.78, 5) is 17.7. The minimum Gasteiger partial charge on any atom is -0.342 e. The highest BCUT2D eigenvalue weighted by Crippen LogP contribution is 2.26. The average molecular weight is 409 g/mol. The van der Waals surface area contributed by atoms with Gasteiger partial charge in [-0.2, -0.15) is 5.10 Å². The number of fused-ring (bicyclic) bond motifs is 1. The van der Waals surface area contributed by atoms with Crippen molar-refractivity contribution in [1.82, 2.24) is 24.6 Å². The molecule has 2 heterocycles. The van der Waals surface area contributed by atoms with Crippen molar-refractivity contribution in [3.05, 3.63) is 71.7 Å². The third-order valence-electron chi connectivity index (χ3n) is 4.99. The number of para-hydroxylation sites is 2. The number of hydrogen-bond acceptors (Lipinski definition) is 3. The summed E-state index contributed by atoms with van der Waals surface area (Å²) in [5, 5.41) is 7.14. The second kappa shape index (κ2) is 7.70. The molecule has 30 heavy (non-hydrogen) atoms. The zero-order valence-corrected chi connectivity index (χ0v) is 16.9. The summed E-state index contributed by atoms with van der Waals surface area (Å²) in [5.74, 6) is -1.15. The number of amides is 1. The maximum Gasteiger partial charge on any atom is 0.255 e. The van der Waals surface area contributed by atoms with E-state index in [9.17, 15) is 13.6 Å². The molecule has 154 valence electrons. The van der Waals surface area contributed by atoms with E-state index < -0.39 is 23.6 Å². The van der Waals surface area contributed by atoms with E-state index in [4.69, 9.17) is 0 Å². The van der Waals surface area contributed by atoms with Gasteiger partial charge in [0.25, 0.3) is 5.91 Å². The first-order chi connectivity index (χ1) is 14.4. The quantitative estimate of drug-likeness (QED) is 0.537. The number of imidazole rings is 1. The molecule has 8 heteroatoms. The number of carbonyl (C=O) groups excluding carboxylic acids is 1. The highest BCUT2D eigenvalue weighted by molar-refractivity contribution is 6.00. The van der Waals surface area contributed by atoms with E-state index in [1.807, 2.05) is 42.7 Å². The molecule has 1 N–H and O–H groups in total. The molecule has 2 aromatic carbocycles. The molecule has 0 bridgehead atoms. The summed E-state index contributed by atoms with van der Waals surface area (Å²) >= 11 is 0. The number of halogens is 2. The largest absolute Gasteiger partial charge is 0.342 e. The van der Waals surface area contributed by atoms with Crippen molar-refractivity contribution in [3.63, 3.8) is 0 Å². The minimum absolute atomic E-state index is 0.0654. The Bertz CT molecular complexity index is 1240. The molecule has 0 aliphatic heterocycles. The van der Waals surface area contributed by atoms with Crippen LogP contribution in [0, 0.1) is 11.6 Å². The van der Waals surface area contributed by atoms with Gasteiger partial charge in [0.1, 0.15) is 23.2 Å². The first-order valence-corrected chi connectivity index (χ1v) is 9.64. The highest BCUT2D eigenvalue weighted by atomic mass is 19.1. The first-order valence-electron chi connectivity index (χ1n) is 9.64. The SMILES string of the molecule is CCn1c(C(C)NC(=O)c2cn(C)nc2-c2ccc(F)cc2F)nc2ccccc21. The Labute approximate surface area is 172 Å². The van der Waals surface area contributed by atoms with Crippen LogP contribution in [0.5, 0.6) is 0 Å². The third-order valence-corrected chi connectivity index (χ3v) is 4.99. The number of hydrogen-bond donors (Lipinski definition) is 1. The molecule has 0 aliphatic carbocycles. The molecule has 2 aromatic heterocycles. The molecule has 4 rings (SSSR count). The molecule has 0 aliphatic rings. The molecule has 0 radical (unpaired) electrons. The normalized spacial score (nSPS) is 12.3. The van der Waals surface area contributed by atoms with Crippen molar-refractivity contribution in [2.45, 2.75) is 26.4 Å². The monoisotopic (exact) mass is 409 g/mol. The number of nitrogens with one attached hydrogen (secondary N) is 1. The van der Waals surface area contributed by atoms with Crippen molar-refractivity contribution in [2.24, 2.45) is 7.05 Å². The van der Waals surface area contributed by atoms with Crippen molar-refractivity contribution >= 4 is 16.9 Å². The maximum atomic E-state index is 14.3. The Kier molecular flexibility index (Phi) is 5.07. The third kappa shape index (κ3) is 3.45. The number of carbonyl (C=O) groups is 1. The van der Waals surface area contributed by atoms with Crippen LogP contribution in [-0.4, -0.2) is 25.2 Å². The van der Waals surface area contributed by atoms with Crippen molar-refractivity contribution in [1.29, 1.82) is 0 Å². The standard InChI is InChI=1S/C22H21F2N5O/c1-4-29-19-8-6-5-7-18(19)26-21(29)13(2)25-22(30)16-12-28(3)27-20(16)15-10-9-14(23)11-17(15)24/h5-13H,4H2,1-3H3,(H,25,30). The van der Waals surface area contributed by atoms with E-state index in [0.717, 1.165) is 29.0 Å². The van der Waals surface area contributed by atoms with Gasteiger partial charge in [-0.3, -0.25) is 9.48 Å². The number of rotatable bonds is 5. The number of benzene rings is 2. The zero-order valence-electron chi connectivity index (χ0n) is 16.9. The summed E-state index contributed by atoms with van der Waals surface area (Å²) < 4.78 is 31.1. The smallest absolute Gasteiger partial charge is 0.255 e. The minimum atomic E-state index is -0.774. The van der Waals surface area contributed by atoms with E-state index >= 15 is 0 Å². The molecule has 1 unspecified atom stereocenters. The lowest BCUT2D eigenvalue weighted by Crippen LogP contribution is -2.29. The highest BCUT2D eigenvalue weighted by Gasteiger charge is 2.23. The Balaban J connectivity index is 1.67. The van der Waals surface area contributed by atoms with Crippen LogP contribution in [0.2, 0.25) is 0 Å². The second-order valence-corrected chi connectivity index (χ2v) is 7.09. The predicted octanol–water partition coefficient (Wildman–Crippen LogP) is 4.23. The Hall–Kier alpha value is -3.55. The first kappa shape index (κ1) is 19.8. The van der Waals surface area contributed by atoms with Crippen molar-refractivity contribution in [3.8, 4) is 11.3 Å². The molecule has 4 aromatic rings. The zero-order chi connectivity index (χ0) is 21.4. The fraction of sp³-hybridized carbons (Fsp3) is 0.227. The van der Waals surface area contributed by atoms with Gasteiger partial charge in [0.2, 0.25) is 0 Å². The predicted molar refractivity (Wildman–Crippen MR) is 110 cm³/mol.